The Morgan fingerprint density at radius 3 is 2.37 bits per heavy atom. The molecule has 1 rings (SSSR count). The van der Waals surface area contributed by atoms with Crippen LogP contribution < -0.4 is 10.5 Å². The first-order valence-electron chi connectivity index (χ1n) is 6.39. The molecule has 0 bridgehead atoms. The average molecular weight is 285 g/mol. The molecule has 0 aliphatic carbocycles. The summed E-state index contributed by atoms with van der Waals surface area (Å²) >= 11 is 0. The summed E-state index contributed by atoms with van der Waals surface area (Å²) in [6.07, 6.45) is 1.79. The average Bonchev–Trinajstić information content (AvgIpc) is 2.36. The van der Waals surface area contributed by atoms with E-state index in [1.54, 1.807) is 12.1 Å². The number of rotatable bonds is 8. The van der Waals surface area contributed by atoms with Gasteiger partial charge in [-0.15, -0.1) is 0 Å². The quantitative estimate of drug-likeness (QED) is 0.726. The third-order valence-corrected chi connectivity index (χ3v) is 4.23. The summed E-state index contributed by atoms with van der Waals surface area (Å²) in [6.45, 7) is 1.73. The molecule has 0 saturated carbocycles. The van der Waals surface area contributed by atoms with E-state index in [2.05, 4.69) is 4.72 Å². The maximum absolute atomic E-state index is 12.0. The second kappa shape index (κ2) is 7.59. The lowest BCUT2D eigenvalue weighted by Crippen LogP contribution is -2.31. The molecule has 0 radical (unpaired) electrons. The fourth-order valence-electron chi connectivity index (χ4n) is 1.63. The zero-order valence-corrected chi connectivity index (χ0v) is 12.4. The van der Waals surface area contributed by atoms with Crippen molar-refractivity contribution in [3.8, 4) is 0 Å². The van der Waals surface area contributed by atoms with Crippen LogP contribution in [-0.2, 0) is 16.4 Å². The predicted molar refractivity (Wildman–Crippen MR) is 77.6 cm³/mol. The molecule has 0 amide bonds. The molecule has 19 heavy (non-hydrogen) atoms. The zero-order valence-electron chi connectivity index (χ0n) is 11.6. The molecule has 0 aliphatic heterocycles. The number of nitrogens with zero attached hydrogens (tertiary/aromatic N) is 1. The fraction of sp³-hybridized carbons (Fsp3) is 0.538. The number of aryl methyl sites for hydroxylation is 1. The van der Waals surface area contributed by atoms with Gasteiger partial charge in [0.1, 0.15) is 0 Å². The molecule has 0 aliphatic rings. The normalized spacial score (nSPS) is 12.0. The van der Waals surface area contributed by atoms with Crippen molar-refractivity contribution in [1.29, 1.82) is 0 Å². The minimum Gasteiger partial charge on any atom is -0.330 e. The van der Waals surface area contributed by atoms with Gasteiger partial charge in [0, 0.05) is 13.1 Å². The molecule has 1 aromatic carbocycles. The van der Waals surface area contributed by atoms with Crippen LogP contribution in [0.2, 0.25) is 0 Å². The lowest BCUT2D eigenvalue weighted by Gasteiger charge is -2.11. The minimum absolute atomic E-state index is 0.308. The van der Waals surface area contributed by atoms with Gasteiger partial charge in [0.15, 0.2) is 0 Å². The molecule has 0 fully saturated rings. The van der Waals surface area contributed by atoms with E-state index < -0.39 is 10.0 Å². The molecule has 3 N–H and O–H groups in total. The SMILES string of the molecule is CN(C)CCNS(=O)(=O)c1ccc(CCCN)cc1. The molecule has 0 unspecified atom stereocenters. The van der Waals surface area contributed by atoms with E-state index in [4.69, 9.17) is 5.73 Å². The van der Waals surface area contributed by atoms with Gasteiger partial charge in [-0.2, -0.15) is 0 Å². The predicted octanol–water partition coefficient (Wildman–Crippen LogP) is 0.418. The monoisotopic (exact) mass is 285 g/mol. The van der Waals surface area contributed by atoms with Crippen LogP contribution in [0, 0.1) is 0 Å². The topological polar surface area (TPSA) is 75.4 Å². The number of hydrogen-bond donors (Lipinski definition) is 2. The van der Waals surface area contributed by atoms with Crippen molar-refractivity contribution in [2.24, 2.45) is 5.73 Å². The Bertz CT molecular complexity index is 469. The van der Waals surface area contributed by atoms with Crippen LogP contribution in [-0.4, -0.2) is 47.0 Å². The van der Waals surface area contributed by atoms with Crippen molar-refractivity contribution < 1.29 is 8.42 Å². The van der Waals surface area contributed by atoms with E-state index in [9.17, 15) is 8.42 Å². The largest absolute Gasteiger partial charge is 0.330 e. The smallest absolute Gasteiger partial charge is 0.240 e. The summed E-state index contributed by atoms with van der Waals surface area (Å²) in [4.78, 5) is 2.24. The van der Waals surface area contributed by atoms with Crippen LogP contribution in [0.4, 0.5) is 0 Å². The fourth-order valence-corrected chi connectivity index (χ4v) is 2.65. The summed E-state index contributed by atoms with van der Waals surface area (Å²) in [6, 6.07) is 6.97. The van der Waals surface area contributed by atoms with Crippen molar-refractivity contribution in [2.75, 3.05) is 33.7 Å². The van der Waals surface area contributed by atoms with Crippen LogP contribution >= 0.6 is 0 Å². The summed E-state index contributed by atoms with van der Waals surface area (Å²) < 4.78 is 26.6. The first kappa shape index (κ1) is 16.1. The van der Waals surface area contributed by atoms with E-state index in [1.165, 1.54) is 0 Å². The van der Waals surface area contributed by atoms with Gasteiger partial charge in [0.2, 0.25) is 10.0 Å². The highest BCUT2D eigenvalue weighted by Crippen LogP contribution is 2.11. The van der Waals surface area contributed by atoms with E-state index in [0.29, 0.717) is 24.5 Å². The number of hydrogen-bond acceptors (Lipinski definition) is 4. The highest BCUT2D eigenvalue weighted by Gasteiger charge is 2.12. The molecular formula is C13H23N3O2S. The summed E-state index contributed by atoms with van der Waals surface area (Å²) in [5, 5.41) is 0. The van der Waals surface area contributed by atoms with Crippen LogP contribution in [0.1, 0.15) is 12.0 Å². The molecule has 0 spiro atoms. The van der Waals surface area contributed by atoms with E-state index in [0.717, 1.165) is 18.4 Å². The standard InChI is InChI=1S/C13H23N3O2S/c1-16(2)11-10-15-19(17,18)13-7-5-12(6-8-13)4-3-9-14/h5-8,15H,3-4,9-11,14H2,1-2H3. The molecule has 108 valence electrons. The molecule has 0 saturated heterocycles. The third kappa shape index (κ3) is 5.69. The number of nitrogens with two attached hydrogens (primary N) is 1. The van der Waals surface area contributed by atoms with Crippen LogP contribution in [0.25, 0.3) is 0 Å². The van der Waals surface area contributed by atoms with Crippen LogP contribution in [0.3, 0.4) is 0 Å². The van der Waals surface area contributed by atoms with Gasteiger partial charge in [0.05, 0.1) is 4.90 Å². The maximum Gasteiger partial charge on any atom is 0.240 e. The Morgan fingerprint density at radius 1 is 1.21 bits per heavy atom. The van der Waals surface area contributed by atoms with E-state index in [-0.39, 0.29) is 0 Å². The van der Waals surface area contributed by atoms with Crippen LogP contribution in [0.15, 0.2) is 29.2 Å². The lowest BCUT2D eigenvalue weighted by atomic mass is 10.1. The van der Waals surface area contributed by atoms with Crippen molar-refractivity contribution >= 4 is 10.0 Å². The number of likely N-dealkylation sites (N-methyl/N-ethyl adjacent to an activating group) is 1. The van der Waals surface area contributed by atoms with Gasteiger partial charge in [0.25, 0.3) is 0 Å². The Balaban J connectivity index is 2.63. The summed E-state index contributed by atoms with van der Waals surface area (Å²) in [7, 11) is 0.412. The highest BCUT2D eigenvalue weighted by atomic mass is 32.2. The maximum atomic E-state index is 12.0. The molecule has 0 atom stereocenters. The molecule has 1 aromatic rings. The van der Waals surface area contributed by atoms with E-state index in [1.807, 2.05) is 31.1 Å². The number of nitrogens with one attached hydrogen (secondary N) is 1. The van der Waals surface area contributed by atoms with Crippen molar-refractivity contribution in [1.82, 2.24) is 9.62 Å². The number of benzene rings is 1. The lowest BCUT2D eigenvalue weighted by molar-refractivity contribution is 0.412. The van der Waals surface area contributed by atoms with Gasteiger partial charge in [-0.05, 0) is 51.2 Å². The second-order valence-electron chi connectivity index (χ2n) is 4.74. The minimum atomic E-state index is -3.39. The zero-order chi connectivity index (χ0) is 14.3. The Kier molecular flexibility index (Phi) is 6.44. The summed E-state index contributed by atoms with van der Waals surface area (Å²) in [5.74, 6) is 0. The Morgan fingerprint density at radius 2 is 1.84 bits per heavy atom. The molecule has 0 heterocycles. The number of sulfonamides is 1. The first-order chi connectivity index (χ1) is 8.95. The van der Waals surface area contributed by atoms with Gasteiger partial charge in [-0.3, -0.25) is 0 Å². The third-order valence-electron chi connectivity index (χ3n) is 2.75. The van der Waals surface area contributed by atoms with Crippen molar-refractivity contribution in [3.63, 3.8) is 0 Å². The molecule has 6 heteroatoms. The second-order valence-corrected chi connectivity index (χ2v) is 6.50. The summed E-state index contributed by atoms with van der Waals surface area (Å²) in [5.41, 5.74) is 6.55. The van der Waals surface area contributed by atoms with Gasteiger partial charge >= 0.3 is 0 Å². The van der Waals surface area contributed by atoms with Crippen molar-refractivity contribution in [2.45, 2.75) is 17.7 Å². The highest BCUT2D eigenvalue weighted by molar-refractivity contribution is 7.89. The Hall–Kier alpha value is -0.950. The van der Waals surface area contributed by atoms with Gasteiger partial charge in [-0.1, -0.05) is 12.1 Å². The van der Waals surface area contributed by atoms with Crippen LogP contribution in [0.5, 0.6) is 0 Å². The Labute approximate surface area is 115 Å². The molecule has 0 aromatic heterocycles. The first-order valence-corrected chi connectivity index (χ1v) is 7.87. The molecule has 5 nitrogen and oxygen atoms in total. The van der Waals surface area contributed by atoms with Gasteiger partial charge < -0.3 is 10.6 Å². The van der Waals surface area contributed by atoms with Crippen molar-refractivity contribution in [3.05, 3.63) is 29.8 Å². The van der Waals surface area contributed by atoms with Gasteiger partial charge in [-0.25, -0.2) is 13.1 Å². The molecular weight excluding hydrogens is 262 g/mol. The van der Waals surface area contributed by atoms with E-state index >= 15 is 0 Å².